The van der Waals surface area contributed by atoms with Crippen LogP contribution in [0.1, 0.15) is 32.7 Å². The zero-order valence-corrected chi connectivity index (χ0v) is 17.1. The van der Waals surface area contributed by atoms with Crippen LogP contribution in [0.25, 0.3) is 0 Å². The molecule has 2 aromatic rings. The Hall–Kier alpha value is -1.84. The summed E-state index contributed by atoms with van der Waals surface area (Å²) in [5.74, 6) is 0.0271. The van der Waals surface area contributed by atoms with Crippen LogP contribution < -0.4 is 5.32 Å². The van der Waals surface area contributed by atoms with Crippen LogP contribution in [0.5, 0.6) is 0 Å². The van der Waals surface area contributed by atoms with Gasteiger partial charge in [-0.15, -0.1) is 0 Å². The van der Waals surface area contributed by atoms with Gasteiger partial charge in [0.15, 0.2) is 5.16 Å². The molecule has 0 atom stereocenters. The van der Waals surface area contributed by atoms with Gasteiger partial charge < -0.3 is 9.88 Å². The fraction of sp³-hybridized carbons (Fsp3) is 0.444. The maximum atomic E-state index is 12.6. The Kier molecular flexibility index (Phi) is 6.23. The molecule has 1 aromatic carbocycles. The van der Waals surface area contributed by atoms with Crippen LogP contribution in [0.4, 0.5) is 5.69 Å². The second-order valence-electron chi connectivity index (χ2n) is 6.30. The lowest BCUT2D eigenvalue weighted by Crippen LogP contribution is -2.30. The molecule has 27 heavy (non-hydrogen) atoms. The number of hydrogen-bond acceptors (Lipinski definition) is 5. The molecule has 146 valence electrons. The van der Waals surface area contributed by atoms with Crippen molar-refractivity contribution < 1.29 is 13.2 Å². The summed E-state index contributed by atoms with van der Waals surface area (Å²) in [7, 11) is -3.55. The summed E-state index contributed by atoms with van der Waals surface area (Å²) in [6.07, 6.45) is 6.01. The number of anilines is 1. The number of hydrogen-bond donors (Lipinski definition) is 1. The molecule has 0 bridgehead atoms. The number of aromatic nitrogens is 2. The van der Waals surface area contributed by atoms with Gasteiger partial charge >= 0.3 is 0 Å². The van der Waals surface area contributed by atoms with Crippen molar-refractivity contribution in [1.29, 1.82) is 0 Å². The molecule has 1 heterocycles. The predicted octanol–water partition coefficient (Wildman–Crippen LogP) is 2.98. The van der Waals surface area contributed by atoms with E-state index in [2.05, 4.69) is 14.9 Å². The number of sulfonamides is 1. The minimum Gasteiger partial charge on any atom is -0.325 e. The first kappa shape index (κ1) is 19.9. The number of carbonyl (C=O) groups excluding carboxylic acids is 1. The van der Waals surface area contributed by atoms with E-state index in [0.29, 0.717) is 24.8 Å². The lowest BCUT2D eigenvalue weighted by Gasteiger charge is -2.18. The smallest absolute Gasteiger partial charge is 0.243 e. The molecule has 1 aliphatic rings. The summed E-state index contributed by atoms with van der Waals surface area (Å²) in [6, 6.07) is 6.89. The Morgan fingerprint density at radius 2 is 2.07 bits per heavy atom. The highest BCUT2D eigenvalue weighted by Gasteiger charge is 2.26. The maximum absolute atomic E-state index is 12.6. The van der Waals surface area contributed by atoms with Gasteiger partial charge in [-0.05, 0) is 31.0 Å². The summed E-state index contributed by atoms with van der Waals surface area (Å²) in [6.45, 7) is 4.41. The van der Waals surface area contributed by atoms with Crippen LogP contribution in [-0.2, 0) is 14.8 Å². The van der Waals surface area contributed by atoms with Crippen LogP contribution in [0.15, 0.2) is 46.7 Å². The van der Waals surface area contributed by atoms with Gasteiger partial charge in [-0.1, -0.05) is 31.7 Å². The van der Waals surface area contributed by atoms with Crippen molar-refractivity contribution in [2.45, 2.75) is 42.8 Å². The van der Waals surface area contributed by atoms with E-state index in [9.17, 15) is 13.2 Å². The topological polar surface area (TPSA) is 84.3 Å². The van der Waals surface area contributed by atoms with Crippen molar-refractivity contribution in [1.82, 2.24) is 13.9 Å². The van der Waals surface area contributed by atoms with E-state index < -0.39 is 10.0 Å². The number of carbonyl (C=O) groups is 1. The van der Waals surface area contributed by atoms with Crippen LogP contribution >= 0.6 is 11.8 Å². The first-order valence-electron chi connectivity index (χ1n) is 9.01. The summed E-state index contributed by atoms with van der Waals surface area (Å²) in [4.78, 5) is 16.8. The van der Waals surface area contributed by atoms with Gasteiger partial charge in [-0.25, -0.2) is 13.4 Å². The van der Waals surface area contributed by atoms with E-state index >= 15 is 0 Å². The number of nitrogens with zero attached hydrogens (tertiary/aromatic N) is 3. The molecule has 1 saturated carbocycles. The summed E-state index contributed by atoms with van der Waals surface area (Å²) < 4.78 is 28.7. The van der Waals surface area contributed by atoms with Crippen LogP contribution in [0, 0.1) is 0 Å². The molecule has 1 aromatic heterocycles. The number of nitrogens with one attached hydrogen (secondary N) is 1. The monoisotopic (exact) mass is 408 g/mol. The van der Waals surface area contributed by atoms with Crippen molar-refractivity contribution >= 4 is 33.4 Å². The molecule has 1 amide bonds. The molecule has 1 N–H and O–H groups in total. The van der Waals surface area contributed by atoms with Crippen molar-refractivity contribution in [3.63, 3.8) is 0 Å². The average molecular weight is 409 g/mol. The van der Waals surface area contributed by atoms with Crippen molar-refractivity contribution in [2.75, 3.05) is 24.2 Å². The van der Waals surface area contributed by atoms with E-state index in [0.717, 1.165) is 18.0 Å². The fourth-order valence-electron chi connectivity index (χ4n) is 2.82. The molecule has 7 nitrogen and oxygen atoms in total. The van der Waals surface area contributed by atoms with E-state index in [4.69, 9.17) is 0 Å². The number of benzene rings is 1. The predicted molar refractivity (Wildman–Crippen MR) is 106 cm³/mol. The Morgan fingerprint density at radius 3 is 2.74 bits per heavy atom. The molecular formula is C18H24N4O3S2. The number of imidazole rings is 1. The maximum Gasteiger partial charge on any atom is 0.243 e. The molecule has 1 aliphatic carbocycles. The molecular weight excluding hydrogens is 384 g/mol. The highest BCUT2D eigenvalue weighted by molar-refractivity contribution is 7.99. The second-order valence-corrected chi connectivity index (χ2v) is 9.18. The van der Waals surface area contributed by atoms with Gasteiger partial charge in [-0.3, -0.25) is 4.79 Å². The third kappa shape index (κ3) is 4.72. The van der Waals surface area contributed by atoms with Gasteiger partial charge in [-0.2, -0.15) is 4.31 Å². The van der Waals surface area contributed by atoms with E-state index in [1.54, 1.807) is 38.2 Å². The molecule has 0 aliphatic heterocycles. The van der Waals surface area contributed by atoms with Crippen LogP contribution in [-0.4, -0.2) is 47.0 Å². The summed E-state index contributed by atoms with van der Waals surface area (Å²) in [5, 5.41) is 3.61. The van der Waals surface area contributed by atoms with Crippen molar-refractivity contribution in [3.05, 3.63) is 36.7 Å². The van der Waals surface area contributed by atoms with Gasteiger partial charge in [0.1, 0.15) is 0 Å². The summed E-state index contributed by atoms with van der Waals surface area (Å²) in [5.41, 5.74) is 0.472. The largest absolute Gasteiger partial charge is 0.325 e. The second kappa shape index (κ2) is 8.45. The number of amides is 1. The van der Waals surface area contributed by atoms with Crippen molar-refractivity contribution in [3.8, 4) is 0 Å². The highest BCUT2D eigenvalue weighted by Crippen LogP contribution is 2.37. The quantitative estimate of drug-likeness (QED) is 0.645. The van der Waals surface area contributed by atoms with Gasteiger partial charge in [0.2, 0.25) is 15.9 Å². The first-order chi connectivity index (χ1) is 13.0. The lowest BCUT2D eigenvalue weighted by atomic mass is 10.3. The Bertz CT molecular complexity index is 903. The zero-order chi connectivity index (χ0) is 19.4. The minimum atomic E-state index is -3.55. The molecule has 0 spiro atoms. The van der Waals surface area contributed by atoms with Gasteiger partial charge in [0, 0.05) is 37.2 Å². The first-order valence-corrected chi connectivity index (χ1v) is 11.4. The Labute approximate surface area is 164 Å². The third-order valence-corrected chi connectivity index (χ3v) is 7.39. The fourth-order valence-corrected chi connectivity index (χ4v) is 5.15. The third-order valence-electron chi connectivity index (χ3n) is 4.37. The number of thioether (sulfide) groups is 1. The average Bonchev–Trinajstić information content (AvgIpc) is 3.39. The molecule has 0 saturated heterocycles. The van der Waals surface area contributed by atoms with Crippen LogP contribution in [0.2, 0.25) is 0 Å². The van der Waals surface area contributed by atoms with E-state index in [1.165, 1.54) is 22.1 Å². The Balaban J connectivity index is 1.63. The number of rotatable bonds is 9. The molecule has 0 radical (unpaired) electrons. The van der Waals surface area contributed by atoms with Gasteiger partial charge in [0.25, 0.3) is 0 Å². The standard InChI is InChI=1S/C18H24N4O3S2/c1-3-21(4-2)27(24,25)16-7-5-6-14(12-16)20-17(23)13-26-18-19-10-11-22(18)15-8-9-15/h5-7,10-12,15H,3-4,8-9,13H2,1-2H3,(H,20,23). The summed E-state index contributed by atoms with van der Waals surface area (Å²) >= 11 is 1.38. The Morgan fingerprint density at radius 1 is 1.33 bits per heavy atom. The molecule has 9 heteroatoms. The highest BCUT2D eigenvalue weighted by atomic mass is 32.2. The normalized spacial score (nSPS) is 14.5. The lowest BCUT2D eigenvalue weighted by molar-refractivity contribution is -0.113. The van der Waals surface area contributed by atoms with Crippen molar-refractivity contribution in [2.24, 2.45) is 0 Å². The zero-order valence-electron chi connectivity index (χ0n) is 15.5. The molecule has 1 fully saturated rings. The van der Waals surface area contributed by atoms with Gasteiger partial charge in [0.05, 0.1) is 10.6 Å². The van der Waals surface area contributed by atoms with E-state index in [-0.39, 0.29) is 16.6 Å². The van der Waals surface area contributed by atoms with E-state index in [1.807, 2.05) is 6.20 Å². The minimum absolute atomic E-state index is 0.181. The SMILES string of the molecule is CCN(CC)S(=O)(=O)c1cccc(NC(=O)CSc2nccn2C2CC2)c1. The molecule has 0 unspecified atom stereocenters. The van der Waals surface area contributed by atoms with Crippen LogP contribution in [0.3, 0.4) is 0 Å². The molecule has 3 rings (SSSR count).